The first-order chi connectivity index (χ1) is 8.70. The molecule has 100 valence electrons. The Morgan fingerprint density at radius 1 is 1.56 bits per heavy atom. The normalized spacial score (nSPS) is 35.7. The van der Waals surface area contributed by atoms with Gasteiger partial charge in [0.05, 0.1) is 0 Å². The Balaban J connectivity index is 1.66. The van der Waals surface area contributed by atoms with E-state index in [1.54, 1.807) is 0 Å². The molecule has 2 saturated heterocycles. The maximum absolute atomic E-state index is 12.4. The van der Waals surface area contributed by atoms with Crippen molar-refractivity contribution in [3.63, 3.8) is 0 Å². The van der Waals surface area contributed by atoms with E-state index in [2.05, 4.69) is 17.4 Å². The Kier molecular flexibility index (Phi) is 3.01. The van der Waals surface area contributed by atoms with E-state index in [4.69, 9.17) is 4.84 Å². The fourth-order valence-electron chi connectivity index (χ4n) is 3.21. The van der Waals surface area contributed by atoms with Crippen LogP contribution in [0, 0.1) is 0 Å². The third kappa shape index (κ3) is 2.00. The van der Waals surface area contributed by atoms with Crippen LogP contribution in [0.2, 0.25) is 0 Å². The van der Waals surface area contributed by atoms with Gasteiger partial charge in [0.2, 0.25) is 0 Å². The van der Waals surface area contributed by atoms with Gasteiger partial charge in [-0.05, 0) is 39.2 Å². The fourth-order valence-corrected chi connectivity index (χ4v) is 3.21. The highest BCUT2D eigenvalue weighted by molar-refractivity contribution is 6.39. The average molecular weight is 251 g/mol. The summed E-state index contributed by atoms with van der Waals surface area (Å²) < 4.78 is 0. The van der Waals surface area contributed by atoms with Gasteiger partial charge in [0.25, 0.3) is 5.91 Å². The summed E-state index contributed by atoms with van der Waals surface area (Å²) in [5, 5.41) is 7.41. The van der Waals surface area contributed by atoms with Crippen LogP contribution in [0.25, 0.3) is 0 Å². The summed E-state index contributed by atoms with van der Waals surface area (Å²) in [6, 6.07) is 0.348. The lowest BCUT2D eigenvalue weighted by Crippen LogP contribution is -2.47. The van der Waals surface area contributed by atoms with E-state index in [1.165, 1.54) is 0 Å². The predicted octanol–water partition coefficient (Wildman–Crippen LogP) is 0.896. The molecule has 1 spiro atoms. The Morgan fingerprint density at radius 2 is 2.44 bits per heavy atom. The molecule has 0 aromatic heterocycles. The summed E-state index contributed by atoms with van der Waals surface area (Å²) in [6.45, 7) is 4.82. The molecule has 2 unspecified atom stereocenters. The molecular formula is C13H21N3O2. The van der Waals surface area contributed by atoms with Crippen molar-refractivity contribution in [3.8, 4) is 0 Å². The Morgan fingerprint density at radius 3 is 3.11 bits per heavy atom. The van der Waals surface area contributed by atoms with Crippen molar-refractivity contribution in [3.05, 3.63) is 0 Å². The summed E-state index contributed by atoms with van der Waals surface area (Å²) in [4.78, 5) is 19.9. The van der Waals surface area contributed by atoms with E-state index in [-0.39, 0.29) is 11.5 Å². The van der Waals surface area contributed by atoms with Crippen LogP contribution in [-0.2, 0) is 9.63 Å². The molecule has 2 fully saturated rings. The summed E-state index contributed by atoms with van der Waals surface area (Å²) in [7, 11) is 0. The molecule has 18 heavy (non-hydrogen) atoms. The minimum absolute atomic E-state index is 0.0856. The number of hydrogen-bond acceptors (Lipinski definition) is 4. The number of rotatable bonds is 1. The molecule has 3 aliphatic heterocycles. The Hall–Kier alpha value is -1.10. The summed E-state index contributed by atoms with van der Waals surface area (Å²) >= 11 is 0. The van der Waals surface area contributed by atoms with Crippen LogP contribution < -0.4 is 5.32 Å². The average Bonchev–Trinajstić information content (AvgIpc) is 2.97. The first kappa shape index (κ1) is 12.0. The minimum Gasteiger partial charge on any atom is -0.387 e. The zero-order chi connectivity index (χ0) is 12.6. The van der Waals surface area contributed by atoms with Crippen LogP contribution in [0.4, 0.5) is 0 Å². The van der Waals surface area contributed by atoms with Crippen LogP contribution >= 0.6 is 0 Å². The third-order valence-electron chi connectivity index (χ3n) is 4.33. The first-order valence-electron chi connectivity index (χ1n) is 6.97. The highest BCUT2D eigenvalue weighted by Crippen LogP contribution is 2.31. The molecule has 0 bridgehead atoms. The van der Waals surface area contributed by atoms with E-state index >= 15 is 0 Å². The second kappa shape index (κ2) is 4.53. The monoisotopic (exact) mass is 251 g/mol. The van der Waals surface area contributed by atoms with Gasteiger partial charge < -0.3 is 15.1 Å². The number of piperidine rings is 1. The van der Waals surface area contributed by atoms with E-state index < -0.39 is 0 Å². The molecule has 3 heterocycles. The van der Waals surface area contributed by atoms with Gasteiger partial charge in [0.15, 0.2) is 5.60 Å². The number of carbonyl (C=O) groups is 1. The van der Waals surface area contributed by atoms with E-state index in [1.807, 2.05) is 4.90 Å². The topological polar surface area (TPSA) is 53.9 Å². The lowest BCUT2D eigenvalue weighted by atomic mass is 9.89. The molecule has 2 atom stereocenters. The summed E-state index contributed by atoms with van der Waals surface area (Å²) in [5.74, 6) is 0.0856. The predicted molar refractivity (Wildman–Crippen MR) is 68.4 cm³/mol. The van der Waals surface area contributed by atoms with Crippen molar-refractivity contribution in [2.75, 3.05) is 19.6 Å². The van der Waals surface area contributed by atoms with Gasteiger partial charge in [-0.3, -0.25) is 4.79 Å². The van der Waals surface area contributed by atoms with Crippen molar-refractivity contribution < 1.29 is 9.63 Å². The lowest BCUT2D eigenvalue weighted by Gasteiger charge is -2.31. The second-order valence-electron chi connectivity index (χ2n) is 5.76. The molecule has 0 radical (unpaired) electrons. The van der Waals surface area contributed by atoms with Crippen molar-refractivity contribution in [1.29, 1.82) is 0 Å². The molecule has 0 aliphatic carbocycles. The van der Waals surface area contributed by atoms with Crippen molar-refractivity contribution >= 4 is 11.6 Å². The Bertz CT molecular complexity index is 374. The highest BCUT2D eigenvalue weighted by atomic mass is 16.7. The number of nitrogens with zero attached hydrogens (tertiary/aromatic N) is 2. The largest absolute Gasteiger partial charge is 0.387 e. The standard InChI is InChI=1S/C13H21N3O2/c1-10-4-2-7-16(10)12(17)11-8-13(18-15-11)5-3-6-14-9-13/h10,14H,2-9H2,1H3. The molecule has 3 aliphatic rings. The van der Waals surface area contributed by atoms with E-state index in [0.717, 1.165) is 45.3 Å². The first-order valence-corrected chi connectivity index (χ1v) is 6.97. The number of likely N-dealkylation sites (tertiary alicyclic amines) is 1. The van der Waals surface area contributed by atoms with E-state index in [0.29, 0.717) is 18.2 Å². The van der Waals surface area contributed by atoms with Crippen LogP contribution in [-0.4, -0.2) is 47.8 Å². The molecule has 5 heteroatoms. The van der Waals surface area contributed by atoms with E-state index in [9.17, 15) is 4.79 Å². The van der Waals surface area contributed by atoms with Gasteiger partial charge in [-0.2, -0.15) is 0 Å². The minimum atomic E-state index is -0.244. The van der Waals surface area contributed by atoms with Crippen molar-refractivity contribution in [1.82, 2.24) is 10.2 Å². The molecule has 1 amide bonds. The molecular weight excluding hydrogens is 230 g/mol. The number of oxime groups is 1. The maximum Gasteiger partial charge on any atom is 0.272 e. The van der Waals surface area contributed by atoms with Gasteiger partial charge in [-0.25, -0.2) is 0 Å². The maximum atomic E-state index is 12.4. The zero-order valence-electron chi connectivity index (χ0n) is 10.9. The Labute approximate surface area is 108 Å². The fraction of sp³-hybridized carbons (Fsp3) is 0.846. The van der Waals surface area contributed by atoms with Gasteiger partial charge >= 0.3 is 0 Å². The molecule has 3 rings (SSSR count). The molecule has 5 nitrogen and oxygen atoms in total. The molecule has 1 N–H and O–H groups in total. The van der Waals surface area contributed by atoms with Crippen molar-refractivity contribution in [2.45, 2.75) is 50.7 Å². The number of amides is 1. The zero-order valence-corrected chi connectivity index (χ0v) is 10.9. The molecule has 0 aromatic rings. The molecule has 0 aromatic carbocycles. The van der Waals surface area contributed by atoms with Crippen LogP contribution in [0.5, 0.6) is 0 Å². The van der Waals surface area contributed by atoms with Gasteiger partial charge in [0, 0.05) is 25.6 Å². The van der Waals surface area contributed by atoms with Gasteiger partial charge in [-0.1, -0.05) is 5.16 Å². The van der Waals surface area contributed by atoms with Crippen LogP contribution in [0.3, 0.4) is 0 Å². The van der Waals surface area contributed by atoms with Crippen LogP contribution in [0.1, 0.15) is 39.0 Å². The lowest BCUT2D eigenvalue weighted by molar-refractivity contribution is -0.124. The number of nitrogens with one attached hydrogen (secondary N) is 1. The highest BCUT2D eigenvalue weighted by Gasteiger charge is 2.43. The van der Waals surface area contributed by atoms with Crippen LogP contribution in [0.15, 0.2) is 5.16 Å². The number of hydrogen-bond donors (Lipinski definition) is 1. The van der Waals surface area contributed by atoms with Crippen molar-refractivity contribution in [2.24, 2.45) is 5.16 Å². The smallest absolute Gasteiger partial charge is 0.272 e. The molecule has 0 saturated carbocycles. The SMILES string of the molecule is CC1CCCN1C(=O)C1=NOC2(CCCNC2)C1. The van der Waals surface area contributed by atoms with Gasteiger partial charge in [-0.15, -0.1) is 0 Å². The van der Waals surface area contributed by atoms with Gasteiger partial charge in [0.1, 0.15) is 5.71 Å². The quantitative estimate of drug-likeness (QED) is 0.753. The summed E-state index contributed by atoms with van der Waals surface area (Å²) in [6.07, 6.45) is 4.97. The third-order valence-corrected chi connectivity index (χ3v) is 4.33. The number of carbonyl (C=O) groups excluding carboxylic acids is 1. The second-order valence-corrected chi connectivity index (χ2v) is 5.76. The summed E-state index contributed by atoms with van der Waals surface area (Å²) in [5.41, 5.74) is 0.374.